The number of aryl methyl sites for hydroxylation is 1. The first-order valence-electron chi connectivity index (χ1n) is 7.78. The smallest absolute Gasteiger partial charge is 0.320 e. The number of hydrazone groups is 1. The first kappa shape index (κ1) is 18.5. The minimum absolute atomic E-state index is 0.288. The number of furan rings is 1. The van der Waals surface area contributed by atoms with Gasteiger partial charge in [-0.25, -0.2) is 5.43 Å². The zero-order valence-electron chi connectivity index (χ0n) is 14.1. The molecule has 0 radical (unpaired) electrons. The number of aromatic nitrogens is 2. The van der Waals surface area contributed by atoms with Gasteiger partial charge in [0, 0.05) is 4.47 Å². The lowest BCUT2D eigenvalue weighted by Gasteiger charge is -2.01. The number of nitro groups is 1. The van der Waals surface area contributed by atoms with Crippen LogP contribution in [0.5, 0.6) is 0 Å². The van der Waals surface area contributed by atoms with Gasteiger partial charge in [0.1, 0.15) is 17.7 Å². The van der Waals surface area contributed by atoms with Crippen LogP contribution in [0.25, 0.3) is 0 Å². The molecule has 1 amide bonds. The van der Waals surface area contributed by atoms with E-state index in [1.165, 1.54) is 17.1 Å². The molecule has 0 bridgehead atoms. The average Bonchev–Trinajstić information content (AvgIpc) is 3.23. The predicted octanol–water partition coefficient (Wildman–Crippen LogP) is 3.27. The van der Waals surface area contributed by atoms with Crippen molar-refractivity contribution in [2.45, 2.75) is 13.5 Å². The minimum Gasteiger partial charge on any atom is -0.460 e. The molecule has 0 atom stereocenters. The summed E-state index contributed by atoms with van der Waals surface area (Å²) in [5, 5.41) is 19.0. The second-order valence-corrected chi connectivity index (χ2v) is 6.51. The fraction of sp³-hybridized carbons (Fsp3) is 0.118. The maximum absolute atomic E-state index is 12.2. The van der Waals surface area contributed by atoms with E-state index in [2.05, 4.69) is 31.6 Å². The van der Waals surface area contributed by atoms with Crippen molar-refractivity contribution in [3.63, 3.8) is 0 Å². The highest BCUT2D eigenvalue weighted by molar-refractivity contribution is 9.10. The lowest BCUT2D eigenvalue weighted by atomic mass is 10.2. The maximum Gasteiger partial charge on any atom is 0.320 e. The van der Waals surface area contributed by atoms with Crippen LogP contribution in [-0.4, -0.2) is 26.8 Å². The van der Waals surface area contributed by atoms with Crippen LogP contribution in [0.15, 0.2) is 56.6 Å². The van der Waals surface area contributed by atoms with Crippen LogP contribution in [0.4, 0.5) is 5.69 Å². The summed E-state index contributed by atoms with van der Waals surface area (Å²) >= 11 is 3.34. The van der Waals surface area contributed by atoms with E-state index in [1.807, 2.05) is 24.3 Å². The molecule has 0 aliphatic carbocycles. The molecule has 10 heteroatoms. The summed E-state index contributed by atoms with van der Waals surface area (Å²) in [6.07, 6.45) is 2.52. The molecular formula is C17H14BrN5O4. The average molecular weight is 432 g/mol. The van der Waals surface area contributed by atoms with Gasteiger partial charge in [-0.1, -0.05) is 28.1 Å². The van der Waals surface area contributed by atoms with Gasteiger partial charge in [0.2, 0.25) is 5.69 Å². The lowest BCUT2D eigenvalue weighted by molar-refractivity contribution is -0.385. The van der Waals surface area contributed by atoms with Crippen LogP contribution in [-0.2, 0) is 6.54 Å². The van der Waals surface area contributed by atoms with E-state index in [4.69, 9.17) is 4.42 Å². The predicted molar refractivity (Wildman–Crippen MR) is 101 cm³/mol. The molecule has 0 spiro atoms. The normalized spacial score (nSPS) is 11.0. The van der Waals surface area contributed by atoms with Crippen LogP contribution in [0.1, 0.15) is 27.6 Å². The zero-order chi connectivity index (χ0) is 19.4. The van der Waals surface area contributed by atoms with Crippen LogP contribution in [0, 0.1) is 17.0 Å². The molecule has 1 N–H and O–H groups in total. The number of rotatable bonds is 6. The largest absolute Gasteiger partial charge is 0.460 e. The number of hydrogen-bond acceptors (Lipinski definition) is 6. The number of nitrogens with one attached hydrogen (secondary N) is 1. The lowest BCUT2D eigenvalue weighted by Crippen LogP contribution is -2.19. The SMILES string of the molecule is Cc1ccc(/C=N/NC(=O)c2nn(Cc3ccc(Br)cc3)cc2[N+](=O)[O-])o1. The Hall–Kier alpha value is -3.27. The molecule has 1 aromatic carbocycles. The number of benzene rings is 1. The Morgan fingerprint density at radius 1 is 1.37 bits per heavy atom. The molecule has 9 nitrogen and oxygen atoms in total. The Balaban J connectivity index is 1.75. The summed E-state index contributed by atoms with van der Waals surface area (Å²) in [6.45, 7) is 2.06. The highest BCUT2D eigenvalue weighted by Crippen LogP contribution is 2.18. The quantitative estimate of drug-likeness (QED) is 0.365. The molecular weight excluding hydrogens is 418 g/mol. The van der Waals surface area contributed by atoms with Crippen molar-refractivity contribution >= 4 is 33.7 Å². The van der Waals surface area contributed by atoms with E-state index < -0.39 is 16.5 Å². The summed E-state index contributed by atoms with van der Waals surface area (Å²) in [5.41, 5.74) is 2.39. The monoisotopic (exact) mass is 431 g/mol. The highest BCUT2D eigenvalue weighted by atomic mass is 79.9. The molecule has 0 aliphatic rings. The summed E-state index contributed by atoms with van der Waals surface area (Å²) in [4.78, 5) is 22.8. The van der Waals surface area contributed by atoms with Crippen molar-refractivity contribution in [3.05, 3.63) is 80.0 Å². The maximum atomic E-state index is 12.2. The van der Waals surface area contributed by atoms with Crippen molar-refractivity contribution in [1.29, 1.82) is 0 Å². The van der Waals surface area contributed by atoms with Crippen molar-refractivity contribution in [3.8, 4) is 0 Å². The zero-order valence-corrected chi connectivity index (χ0v) is 15.7. The third-order valence-corrected chi connectivity index (χ3v) is 4.06. The number of hydrogen-bond donors (Lipinski definition) is 1. The summed E-state index contributed by atoms with van der Waals surface area (Å²) in [6, 6.07) is 10.8. The third kappa shape index (κ3) is 4.67. The Bertz CT molecular complexity index is 1010. The number of nitrogens with zero attached hydrogens (tertiary/aromatic N) is 4. The standard InChI is InChI=1S/C17H14BrN5O4/c1-11-2-7-14(27-11)8-19-20-17(24)16-15(23(25)26)10-22(21-16)9-12-3-5-13(18)6-4-12/h2-8,10H,9H2,1H3,(H,20,24)/b19-8+. The van der Waals surface area contributed by atoms with E-state index in [0.717, 1.165) is 10.0 Å². The van der Waals surface area contributed by atoms with Crippen LogP contribution in [0.3, 0.4) is 0 Å². The topological polar surface area (TPSA) is 116 Å². The fourth-order valence-electron chi connectivity index (χ4n) is 2.29. The number of carbonyl (C=O) groups is 1. The van der Waals surface area contributed by atoms with E-state index >= 15 is 0 Å². The highest BCUT2D eigenvalue weighted by Gasteiger charge is 2.25. The van der Waals surface area contributed by atoms with Crippen LogP contribution < -0.4 is 5.43 Å². The Morgan fingerprint density at radius 3 is 2.74 bits per heavy atom. The van der Waals surface area contributed by atoms with Crippen LogP contribution >= 0.6 is 15.9 Å². The van der Waals surface area contributed by atoms with Crippen molar-refractivity contribution in [2.24, 2.45) is 5.10 Å². The molecule has 0 unspecified atom stereocenters. The van der Waals surface area contributed by atoms with Gasteiger partial charge in [-0.3, -0.25) is 19.6 Å². The molecule has 0 saturated heterocycles. The number of carbonyl (C=O) groups excluding carboxylic acids is 1. The van der Waals surface area contributed by atoms with E-state index in [1.54, 1.807) is 19.1 Å². The van der Waals surface area contributed by atoms with E-state index in [0.29, 0.717) is 11.5 Å². The third-order valence-electron chi connectivity index (χ3n) is 3.53. The molecule has 138 valence electrons. The number of amides is 1. The van der Waals surface area contributed by atoms with Gasteiger partial charge in [0.25, 0.3) is 5.91 Å². The molecule has 27 heavy (non-hydrogen) atoms. The number of halogens is 1. The van der Waals surface area contributed by atoms with Gasteiger partial charge < -0.3 is 4.42 Å². The molecule has 0 saturated carbocycles. The molecule has 3 aromatic rings. The Labute approximate surface area is 162 Å². The van der Waals surface area contributed by atoms with Gasteiger partial charge in [-0.2, -0.15) is 10.2 Å². The van der Waals surface area contributed by atoms with Gasteiger partial charge in [0.05, 0.1) is 17.7 Å². The minimum atomic E-state index is -0.782. The van der Waals surface area contributed by atoms with Gasteiger partial charge in [-0.15, -0.1) is 0 Å². The van der Waals surface area contributed by atoms with Crippen molar-refractivity contribution in [2.75, 3.05) is 0 Å². The first-order valence-corrected chi connectivity index (χ1v) is 8.58. The summed E-state index contributed by atoms with van der Waals surface area (Å²) < 4.78 is 7.54. The Kier molecular flexibility index (Phi) is 5.46. The fourth-order valence-corrected chi connectivity index (χ4v) is 2.56. The van der Waals surface area contributed by atoms with Crippen molar-refractivity contribution < 1.29 is 14.1 Å². The van der Waals surface area contributed by atoms with Crippen LogP contribution in [0.2, 0.25) is 0 Å². The summed E-state index contributed by atoms with van der Waals surface area (Å²) in [5.74, 6) is 0.365. The first-order chi connectivity index (χ1) is 12.9. The van der Waals surface area contributed by atoms with E-state index in [9.17, 15) is 14.9 Å². The summed E-state index contributed by atoms with van der Waals surface area (Å²) in [7, 11) is 0. The van der Waals surface area contributed by atoms with Crippen molar-refractivity contribution in [1.82, 2.24) is 15.2 Å². The Morgan fingerprint density at radius 2 is 2.11 bits per heavy atom. The van der Waals surface area contributed by atoms with Gasteiger partial charge >= 0.3 is 5.69 Å². The van der Waals surface area contributed by atoms with E-state index in [-0.39, 0.29) is 12.2 Å². The van der Waals surface area contributed by atoms with Gasteiger partial charge in [-0.05, 0) is 36.8 Å². The molecule has 2 heterocycles. The second kappa shape index (κ2) is 7.96. The van der Waals surface area contributed by atoms with Gasteiger partial charge in [0.15, 0.2) is 0 Å². The molecule has 3 rings (SSSR count). The molecule has 2 aromatic heterocycles. The molecule has 0 fully saturated rings. The molecule has 0 aliphatic heterocycles. The second-order valence-electron chi connectivity index (χ2n) is 5.59.